The van der Waals surface area contributed by atoms with Crippen LogP contribution < -0.4 is 14.4 Å². The minimum absolute atomic E-state index is 0.339. The Morgan fingerprint density at radius 3 is 2.54 bits per heavy atom. The number of rotatable bonds is 6. The number of aryl methyl sites for hydroxylation is 1. The zero-order chi connectivity index (χ0) is 18.8. The minimum Gasteiger partial charge on any atom is -0.454 e. The van der Waals surface area contributed by atoms with Crippen LogP contribution in [0.25, 0.3) is 10.9 Å². The molecule has 0 bridgehead atoms. The molecule has 1 fully saturated rings. The first-order valence-electron chi connectivity index (χ1n) is 10.3. The van der Waals surface area contributed by atoms with Gasteiger partial charge in [0.2, 0.25) is 6.79 Å². The van der Waals surface area contributed by atoms with Gasteiger partial charge in [-0.1, -0.05) is 18.2 Å². The second-order valence-corrected chi connectivity index (χ2v) is 7.64. The molecule has 5 nitrogen and oxygen atoms in total. The van der Waals surface area contributed by atoms with Crippen molar-refractivity contribution in [3.63, 3.8) is 0 Å². The third-order valence-corrected chi connectivity index (χ3v) is 5.90. The maximum atomic E-state index is 5.51. The topological polar surface area (TPSA) is 29.9 Å². The molecule has 146 valence electrons. The molecule has 0 spiro atoms. The summed E-state index contributed by atoms with van der Waals surface area (Å²) in [6, 6.07) is 17.1. The number of anilines is 1. The van der Waals surface area contributed by atoms with Gasteiger partial charge in [-0.2, -0.15) is 0 Å². The third-order valence-electron chi connectivity index (χ3n) is 5.90. The van der Waals surface area contributed by atoms with Crippen LogP contribution >= 0.6 is 0 Å². The van der Waals surface area contributed by atoms with E-state index in [1.165, 1.54) is 36.0 Å². The van der Waals surface area contributed by atoms with Crippen molar-refractivity contribution >= 4 is 16.6 Å². The Balaban J connectivity index is 1.07. The molecule has 0 amide bonds. The smallest absolute Gasteiger partial charge is 0.231 e. The van der Waals surface area contributed by atoms with E-state index >= 15 is 0 Å². The highest BCUT2D eigenvalue weighted by Crippen LogP contribution is 2.35. The second kappa shape index (κ2) is 7.76. The van der Waals surface area contributed by atoms with Crippen LogP contribution in [0, 0.1) is 0 Å². The summed E-state index contributed by atoms with van der Waals surface area (Å²) in [4.78, 5) is 5.04. The number of hydrogen-bond acceptors (Lipinski definition) is 4. The van der Waals surface area contributed by atoms with E-state index in [0.717, 1.165) is 44.2 Å². The predicted octanol–water partition coefficient (Wildman–Crippen LogP) is 3.97. The van der Waals surface area contributed by atoms with Crippen molar-refractivity contribution in [1.82, 2.24) is 9.47 Å². The quantitative estimate of drug-likeness (QED) is 0.608. The summed E-state index contributed by atoms with van der Waals surface area (Å²) < 4.78 is 13.3. The molecule has 2 aromatic carbocycles. The van der Waals surface area contributed by atoms with Gasteiger partial charge in [0.25, 0.3) is 0 Å². The van der Waals surface area contributed by atoms with Gasteiger partial charge in [0.1, 0.15) is 0 Å². The van der Waals surface area contributed by atoms with Crippen LogP contribution in [0.2, 0.25) is 0 Å². The summed E-state index contributed by atoms with van der Waals surface area (Å²) in [5.41, 5.74) is 2.59. The summed E-state index contributed by atoms with van der Waals surface area (Å²) in [5, 5.41) is 1.34. The summed E-state index contributed by atoms with van der Waals surface area (Å²) >= 11 is 0. The number of piperazine rings is 1. The first-order valence-corrected chi connectivity index (χ1v) is 10.3. The average molecular weight is 377 g/mol. The number of unbranched alkanes of at least 4 members (excludes halogenated alkanes) is 1. The Kier molecular flexibility index (Phi) is 4.83. The number of aromatic nitrogens is 1. The van der Waals surface area contributed by atoms with E-state index < -0.39 is 0 Å². The highest BCUT2D eigenvalue weighted by Gasteiger charge is 2.20. The zero-order valence-corrected chi connectivity index (χ0v) is 16.2. The van der Waals surface area contributed by atoms with Gasteiger partial charge >= 0.3 is 0 Å². The van der Waals surface area contributed by atoms with Crippen LogP contribution in [-0.2, 0) is 6.54 Å². The second-order valence-electron chi connectivity index (χ2n) is 7.64. The van der Waals surface area contributed by atoms with E-state index in [0.29, 0.717) is 6.79 Å². The van der Waals surface area contributed by atoms with Crippen LogP contribution in [0.15, 0.2) is 54.7 Å². The number of benzene rings is 2. The fourth-order valence-electron chi connectivity index (χ4n) is 4.26. The summed E-state index contributed by atoms with van der Waals surface area (Å²) in [5.74, 6) is 1.73. The molecule has 1 saturated heterocycles. The van der Waals surface area contributed by atoms with Gasteiger partial charge in [0.05, 0.1) is 0 Å². The molecule has 0 N–H and O–H groups in total. The van der Waals surface area contributed by atoms with Crippen molar-refractivity contribution in [1.29, 1.82) is 0 Å². The van der Waals surface area contributed by atoms with Crippen LogP contribution in [0.5, 0.6) is 11.5 Å². The zero-order valence-electron chi connectivity index (χ0n) is 16.2. The Labute approximate surface area is 166 Å². The lowest BCUT2D eigenvalue weighted by Gasteiger charge is -2.36. The van der Waals surface area contributed by atoms with E-state index in [4.69, 9.17) is 9.47 Å². The Hall–Kier alpha value is -2.66. The highest BCUT2D eigenvalue weighted by molar-refractivity contribution is 5.79. The number of para-hydroxylation sites is 1. The molecular formula is C23H27N3O2. The molecule has 0 aliphatic carbocycles. The van der Waals surface area contributed by atoms with Gasteiger partial charge in [0.15, 0.2) is 11.5 Å². The average Bonchev–Trinajstić information content (AvgIpc) is 3.38. The molecule has 1 aromatic heterocycles. The normalized spacial score (nSPS) is 16.8. The summed E-state index contributed by atoms with van der Waals surface area (Å²) in [6.07, 6.45) is 4.69. The molecular weight excluding hydrogens is 350 g/mol. The molecule has 2 aliphatic rings. The predicted molar refractivity (Wildman–Crippen MR) is 112 cm³/mol. The Morgan fingerprint density at radius 1 is 0.786 bits per heavy atom. The monoisotopic (exact) mass is 377 g/mol. The van der Waals surface area contributed by atoms with Crippen molar-refractivity contribution in [2.75, 3.05) is 44.4 Å². The van der Waals surface area contributed by atoms with Crippen molar-refractivity contribution in [3.05, 3.63) is 54.7 Å². The van der Waals surface area contributed by atoms with Crippen LogP contribution in [0.4, 0.5) is 5.69 Å². The molecule has 5 rings (SSSR count). The minimum atomic E-state index is 0.339. The van der Waals surface area contributed by atoms with Crippen molar-refractivity contribution in [3.8, 4) is 11.5 Å². The van der Waals surface area contributed by atoms with Crippen molar-refractivity contribution in [2.24, 2.45) is 0 Å². The van der Waals surface area contributed by atoms with E-state index in [1.807, 2.05) is 6.07 Å². The maximum absolute atomic E-state index is 5.51. The maximum Gasteiger partial charge on any atom is 0.231 e. The van der Waals surface area contributed by atoms with Gasteiger partial charge in [-0.3, -0.25) is 4.90 Å². The summed E-state index contributed by atoms with van der Waals surface area (Å²) in [6.45, 7) is 7.02. The highest BCUT2D eigenvalue weighted by atomic mass is 16.7. The van der Waals surface area contributed by atoms with Gasteiger partial charge in [0, 0.05) is 56.2 Å². The van der Waals surface area contributed by atoms with Crippen molar-refractivity contribution in [2.45, 2.75) is 19.4 Å². The van der Waals surface area contributed by atoms with Crippen molar-refractivity contribution < 1.29 is 9.47 Å². The molecule has 3 aromatic rings. The molecule has 0 atom stereocenters. The number of nitrogens with zero attached hydrogens (tertiary/aromatic N) is 3. The molecule has 3 heterocycles. The molecule has 28 heavy (non-hydrogen) atoms. The van der Waals surface area contributed by atoms with Gasteiger partial charge in [-0.25, -0.2) is 0 Å². The van der Waals surface area contributed by atoms with Gasteiger partial charge in [-0.15, -0.1) is 0 Å². The Morgan fingerprint density at radius 2 is 1.61 bits per heavy atom. The van der Waals surface area contributed by atoms with E-state index in [2.05, 4.69) is 63.0 Å². The van der Waals surface area contributed by atoms with E-state index in [1.54, 1.807) is 0 Å². The van der Waals surface area contributed by atoms with Crippen LogP contribution in [0.1, 0.15) is 12.8 Å². The van der Waals surface area contributed by atoms with Crippen LogP contribution in [-0.4, -0.2) is 49.0 Å². The lowest BCUT2D eigenvalue weighted by molar-refractivity contribution is 0.174. The van der Waals surface area contributed by atoms with E-state index in [9.17, 15) is 0 Å². The molecule has 0 saturated carbocycles. The van der Waals surface area contributed by atoms with Crippen LogP contribution in [0.3, 0.4) is 0 Å². The fraction of sp³-hybridized carbons (Fsp3) is 0.391. The number of ether oxygens (including phenoxy) is 2. The van der Waals surface area contributed by atoms with Gasteiger partial charge in [-0.05, 0) is 49.0 Å². The van der Waals surface area contributed by atoms with E-state index in [-0.39, 0.29) is 0 Å². The number of hydrogen-bond donors (Lipinski definition) is 0. The Bertz CT molecular complexity index is 944. The third kappa shape index (κ3) is 3.54. The standard InChI is InChI=1S/C23H27N3O2/c1-2-6-21-19(5-1)9-12-26(21)11-4-3-10-24-13-15-25(16-14-24)20-7-8-22-23(17-20)28-18-27-22/h1-2,5-9,12,17H,3-4,10-11,13-16,18H2. The molecule has 0 radical (unpaired) electrons. The lowest BCUT2D eigenvalue weighted by Crippen LogP contribution is -2.46. The first-order chi connectivity index (χ1) is 13.9. The molecule has 5 heteroatoms. The molecule has 0 unspecified atom stereocenters. The van der Waals surface area contributed by atoms with Gasteiger partial charge < -0.3 is 18.9 Å². The first kappa shape index (κ1) is 17.4. The largest absolute Gasteiger partial charge is 0.454 e. The molecule has 2 aliphatic heterocycles. The summed E-state index contributed by atoms with van der Waals surface area (Å²) in [7, 11) is 0. The lowest BCUT2D eigenvalue weighted by atomic mass is 10.2. The number of fused-ring (bicyclic) bond motifs is 2. The SMILES string of the molecule is c1ccc2c(c1)ccn2CCCCN1CCN(c2ccc3c(c2)OCO3)CC1. The fourth-order valence-corrected chi connectivity index (χ4v) is 4.26.